The first-order valence-corrected chi connectivity index (χ1v) is 6.98. The van der Waals surface area contributed by atoms with Crippen molar-refractivity contribution in [1.82, 2.24) is 15.1 Å². The zero-order valence-electron chi connectivity index (χ0n) is 11.4. The molecule has 0 aromatic carbocycles. The van der Waals surface area contributed by atoms with Gasteiger partial charge < -0.3 is 5.32 Å². The number of nitrogens with one attached hydrogen (secondary N) is 1. The number of piperidine rings is 1. The maximum absolute atomic E-state index is 12.1. The first kappa shape index (κ1) is 13.3. The largest absolute Gasteiger partial charge is 0.316 e. The Morgan fingerprint density at radius 3 is 3.17 bits per heavy atom. The molecule has 1 N–H and O–H groups in total. The fraction of sp³-hybridized carbons (Fsp3) is 0.714. The molecule has 2 rings (SSSR count). The van der Waals surface area contributed by atoms with Gasteiger partial charge in [-0.1, -0.05) is 6.92 Å². The summed E-state index contributed by atoms with van der Waals surface area (Å²) in [6.45, 7) is 6.17. The number of ketones is 1. The maximum atomic E-state index is 12.1. The van der Waals surface area contributed by atoms with E-state index >= 15 is 0 Å². The van der Waals surface area contributed by atoms with Gasteiger partial charge in [0.2, 0.25) is 0 Å². The summed E-state index contributed by atoms with van der Waals surface area (Å²) in [6.07, 6.45) is 5.66. The van der Waals surface area contributed by atoms with Crippen LogP contribution in [0.2, 0.25) is 0 Å². The number of hydrogen-bond acceptors (Lipinski definition) is 3. The highest BCUT2D eigenvalue weighted by atomic mass is 16.1. The van der Waals surface area contributed by atoms with E-state index in [1.165, 1.54) is 0 Å². The Hall–Kier alpha value is -1.16. The Morgan fingerprint density at radius 1 is 1.67 bits per heavy atom. The molecule has 1 aromatic heterocycles. The molecule has 0 radical (unpaired) electrons. The number of nitrogens with zero attached hydrogens (tertiary/aromatic N) is 2. The SMILES string of the molecule is CCC(C)n1ccc(CC(=O)C2CCCNC2)n1. The zero-order chi connectivity index (χ0) is 13.0. The average molecular weight is 249 g/mol. The Bertz CT molecular complexity index is 393. The number of aromatic nitrogens is 2. The molecular weight excluding hydrogens is 226 g/mol. The molecule has 2 atom stereocenters. The lowest BCUT2D eigenvalue weighted by atomic mass is 9.93. The summed E-state index contributed by atoms with van der Waals surface area (Å²) in [7, 11) is 0. The Kier molecular flexibility index (Phi) is 4.53. The van der Waals surface area contributed by atoms with Gasteiger partial charge >= 0.3 is 0 Å². The fourth-order valence-corrected chi connectivity index (χ4v) is 2.35. The Labute approximate surface area is 109 Å². The molecule has 1 aromatic rings. The summed E-state index contributed by atoms with van der Waals surface area (Å²) in [5, 5.41) is 7.78. The zero-order valence-corrected chi connectivity index (χ0v) is 11.4. The van der Waals surface area contributed by atoms with Gasteiger partial charge in [0, 0.05) is 24.7 Å². The van der Waals surface area contributed by atoms with E-state index in [2.05, 4.69) is 24.3 Å². The molecule has 4 heteroatoms. The van der Waals surface area contributed by atoms with E-state index in [0.717, 1.165) is 38.0 Å². The first-order chi connectivity index (χ1) is 8.70. The second kappa shape index (κ2) is 6.14. The molecule has 0 amide bonds. The van der Waals surface area contributed by atoms with Gasteiger partial charge in [-0.25, -0.2) is 0 Å². The molecular formula is C14H23N3O. The third-order valence-electron chi connectivity index (χ3n) is 3.81. The van der Waals surface area contributed by atoms with E-state index in [1.54, 1.807) is 0 Å². The second-order valence-corrected chi connectivity index (χ2v) is 5.23. The number of Topliss-reactive ketones (excluding diaryl/α,β-unsaturated/α-hetero) is 1. The number of carbonyl (C=O) groups excluding carboxylic acids is 1. The molecule has 4 nitrogen and oxygen atoms in total. The molecule has 1 saturated heterocycles. The van der Waals surface area contributed by atoms with Crippen LogP contribution in [-0.2, 0) is 11.2 Å². The van der Waals surface area contributed by atoms with Crippen molar-refractivity contribution >= 4 is 5.78 Å². The van der Waals surface area contributed by atoms with E-state index in [0.29, 0.717) is 18.2 Å². The molecule has 2 heterocycles. The van der Waals surface area contributed by atoms with Crippen LogP contribution in [0.3, 0.4) is 0 Å². The topological polar surface area (TPSA) is 46.9 Å². The number of rotatable bonds is 5. The Balaban J connectivity index is 1.92. The molecule has 0 spiro atoms. The van der Waals surface area contributed by atoms with Crippen molar-refractivity contribution in [3.8, 4) is 0 Å². The van der Waals surface area contributed by atoms with Crippen molar-refractivity contribution in [3.63, 3.8) is 0 Å². The number of hydrogen-bond donors (Lipinski definition) is 1. The van der Waals surface area contributed by atoms with E-state index in [9.17, 15) is 4.79 Å². The van der Waals surface area contributed by atoms with Crippen LogP contribution in [0, 0.1) is 5.92 Å². The minimum absolute atomic E-state index is 0.187. The Morgan fingerprint density at radius 2 is 2.50 bits per heavy atom. The third-order valence-corrected chi connectivity index (χ3v) is 3.81. The third kappa shape index (κ3) is 3.19. The van der Waals surface area contributed by atoms with E-state index in [1.807, 2.05) is 16.9 Å². The molecule has 1 aliphatic rings. The summed E-state index contributed by atoms with van der Waals surface area (Å²) in [5.74, 6) is 0.518. The molecule has 1 fully saturated rings. The van der Waals surface area contributed by atoms with Crippen molar-refractivity contribution in [1.29, 1.82) is 0 Å². The molecule has 18 heavy (non-hydrogen) atoms. The van der Waals surface area contributed by atoms with Gasteiger partial charge in [0.25, 0.3) is 0 Å². The summed E-state index contributed by atoms with van der Waals surface area (Å²) in [5.41, 5.74) is 0.908. The second-order valence-electron chi connectivity index (χ2n) is 5.23. The van der Waals surface area contributed by atoms with E-state index in [-0.39, 0.29) is 5.92 Å². The lowest BCUT2D eigenvalue weighted by Crippen LogP contribution is -2.35. The van der Waals surface area contributed by atoms with Crippen molar-refractivity contribution in [3.05, 3.63) is 18.0 Å². The van der Waals surface area contributed by atoms with Gasteiger partial charge in [-0.3, -0.25) is 9.48 Å². The average Bonchev–Trinajstić information content (AvgIpc) is 2.87. The normalized spacial score (nSPS) is 21.8. The van der Waals surface area contributed by atoms with E-state index < -0.39 is 0 Å². The van der Waals surface area contributed by atoms with Crippen LogP contribution in [0.5, 0.6) is 0 Å². The summed E-state index contributed by atoms with van der Waals surface area (Å²) in [6, 6.07) is 2.38. The van der Waals surface area contributed by atoms with Crippen LogP contribution in [0.15, 0.2) is 12.3 Å². The summed E-state index contributed by atoms with van der Waals surface area (Å²) in [4.78, 5) is 12.1. The summed E-state index contributed by atoms with van der Waals surface area (Å²) >= 11 is 0. The van der Waals surface area contributed by atoms with Gasteiger partial charge in [-0.05, 0) is 38.8 Å². The van der Waals surface area contributed by atoms with E-state index in [4.69, 9.17) is 0 Å². The molecule has 0 saturated carbocycles. The van der Waals surface area contributed by atoms with Crippen LogP contribution in [0.1, 0.15) is 44.8 Å². The van der Waals surface area contributed by atoms with Gasteiger partial charge in [0.1, 0.15) is 5.78 Å². The van der Waals surface area contributed by atoms with Gasteiger partial charge in [-0.15, -0.1) is 0 Å². The molecule has 100 valence electrons. The maximum Gasteiger partial charge on any atom is 0.143 e. The van der Waals surface area contributed by atoms with Gasteiger partial charge in [0.15, 0.2) is 0 Å². The van der Waals surface area contributed by atoms with Crippen LogP contribution < -0.4 is 5.32 Å². The number of carbonyl (C=O) groups is 1. The van der Waals surface area contributed by atoms with Crippen molar-refractivity contribution in [2.45, 2.75) is 45.6 Å². The molecule has 1 aliphatic heterocycles. The van der Waals surface area contributed by atoms with Crippen molar-refractivity contribution < 1.29 is 4.79 Å². The highest BCUT2D eigenvalue weighted by Gasteiger charge is 2.21. The predicted molar refractivity (Wildman–Crippen MR) is 71.5 cm³/mol. The minimum Gasteiger partial charge on any atom is -0.316 e. The van der Waals surface area contributed by atoms with Crippen LogP contribution in [-0.4, -0.2) is 28.7 Å². The predicted octanol–water partition coefficient (Wildman–Crippen LogP) is 1.97. The quantitative estimate of drug-likeness (QED) is 0.868. The highest BCUT2D eigenvalue weighted by Crippen LogP contribution is 2.15. The van der Waals surface area contributed by atoms with Crippen molar-refractivity contribution in [2.24, 2.45) is 5.92 Å². The highest BCUT2D eigenvalue weighted by molar-refractivity contribution is 5.83. The van der Waals surface area contributed by atoms with Gasteiger partial charge in [-0.2, -0.15) is 5.10 Å². The van der Waals surface area contributed by atoms with Gasteiger partial charge in [0.05, 0.1) is 12.1 Å². The monoisotopic (exact) mass is 249 g/mol. The fourth-order valence-electron chi connectivity index (χ4n) is 2.35. The summed E-state index contributed by atoms with van der Waals surface area (Å²) < 4.78 is 1.96. The lowest BCUT2D eigenvalue weighted by molar-refractivity contribution is -0.122. The molecule has 2 unspecified atom stereocenters. The smallest absolute Gasteiger partial charge is 0.143 e. The molecule has 0 aliphatic carbocycles. The van der Waals surface area contributed by atoms with Crippen LogP contribution in [0.25, 0.3) is 0 Å². The van der Waals surface area contributed by atoms with Crippen LogP contribution >= 0.6 is 0 Å². The van der Waals surface area contributed by atoms with Crippen LogP contribution in [0.4, 0.5) is 0 Å². The lowest BCUT2D eigenvalue weighted by Gasteiger charge is -2.21. The first-order valence-electron chi connectivity index (χ1n) is 6.98. The minimum atomic E-state index is 0.187. The van der Waals surface area contributed by atoms with Crippen molar-refractivity contribution in [2.75, 3.05) is 13.1 Å². The molecule has 0 bridgehead atoms. The standard InChI is InChI=1S/C14H23N3O/c1-3-11(2)17-8-6-13(16-17)9-14(18)12-5-4-7-15-10-12/h6,8,11-12,15H,3-5,7,9-10H2,1-2H3.